The van der Waals surface area contributed by atoms with Gasteiger partial charge in [-0.3, -0.25) is 4.79 Å². The van der Waals surface area contributed by atoms with E-state index in [1.807, 2.05) is 17.5 Å². The van der Waals surface area contributed by atoms with E-state index in [-0.39, 0.29) is 5.56 Å². The van der Waals surface area contributed by atoms with Crippen molar-refractivity contribution in [3.05, 3.63) is 57.5 Å². The van der Waals surface area contributed by atoms with Crippen molar-refractivity contribution in [2.45, 2.75) is 20.8 Å². The summed E-state index contributed by atoms with van der Waals surface area (Å²) in [4.78, 5) is 17.7. The molecule has 150 valence electrons. The van der Waals surface area contributed by atoms with Gasteiger partial charge >= 0.3 is 0 Å². The van der Waals surface area contributed by atoms with Crippen LogP contribution in [0.25, 0.3) is 22.4 Å². The van der Waals surface area contributed by atoms with Gasteiger partial charge in [0.05, 0.1) is 32.4 Å². The largest absolute Gasteiger partial charge is 0.493 e. The number of rotatable bonds is 4. The monoisotopic (exact) mass is 393 g/mol. The van der Waals surface area contributed by atoms with Crippen LogP contribution < -0.4 is 19.8 Å². The number of aryl methyl sites for hydroxylation is 3. The molecule has 7 heteroatoms. The third-order valence-electron chi connectivity index (χ3n) is 5.24. The van der Waals surface area contributed by atoms with Crippen LogP contribution in [0.4, 0.5) is 0 Å². The minimum absolute atomic E-state index is 0.154. The predicted molar refractivity (Wildman–Crippen MR) is 112 cm³/mol. The summed E-state index contributed by atoms with van der Waals surface area (Å²) in [6.07, 6.45) is 0. The van der Waals surface area contributed by atoms with E-state index >= 15 is 0 Å². The second-order valence-corrected chi connectivity index (χ2v) is 7.02. The molecule has 7 nitrogen and oxygen atoms in total. The topological polar surface area (TPSA) is 66.5 Å². The van der Waals surface area contributed by atoms with Gasteiger partial charge in [0, 0.05) is 17.3 Å². The predicted octanol–water partition coefficient (Wildman–Crippen LogP) is 3.57. The second-order valence-electron chi connectivity index (χ2n) is 7.02. The molecule has 0 saturated heterocycles. The summed E-state index contributed by atoms with van der Waals surface area (Å²) in [7, 11) is 4.67. The first-order valence-corrected chi connectivity index (χ1v) is 9.22. The molecule has 29 heavy (non-hydrogen) atoms. The van der Waals surface area contributed by atoms with Crippen LogP contribution in [0.5, 0.6) is 17.2 Å². The molecule has 0 aliphatic carbocycles. The van der Waals surface area contributed by atoms with E-state index in [1.54, 1.807) is 44.0 Å². The summed E-state index contributed by atoms with van der Waals surface area (Å²) < 4.78 is 19.9. The summed E-state index contributed by atoms with van der Waals surface area (Å²) in [6, 6.07) is 9.30. The van der Waals surface area contributed by atoms with Crippen molar-refractivity contribution in [2.24, 2.45) is 0 Å². The Labute approximate surface area is 168 Å². The highest BCUT2D eigenvalue weighted by atomic mass is 16.5. The maximum Gasteiger partial charge on any atom is 0.273 e. The average Bonchev–Trinajstić information content (AvgIpc) is 3.01. The minimum atomic E-state index is -0.154. The molecule has 4 rings (SSSR count). The molecule has 2 aromatic heterocycles. The lowest BCUT2D eigenvalue weighted by atomic mass is 10.1. The van der Waals surface area contributed by atoms with Gasteiger partial charge in [0.15, 0.2) is 17.3 Å². The van der Waals surface area contributed by atoms with Crippen LogP contribution in [0.3, 0.4) is 0 Å². The van der Waals surface area contributed by atoms with Gasteiger partial charge < -0.3 is 14.2 Å². The molecule has 2 heterocycles. The SMILES string of the molecule is COc1cc(-c2nc3cc(C)c(C)cc3n3c(C)cc(=O)n23)cc(OC)c1OC. The minimum Gasteiger partial charge on any atom is -0.493 e. The molecule has 0 radical (unpaired) electrons. The average molecular weight is 393 g/mol. The summed E-state index contributed by atoms with van der Waals surface area (Å²) in [5.74, 6) is 1.98. The molecule has 0 spiro atoms. The molecule has 4 aromatic rings. The molecule has 0 bridgehead atoms. The fraction of sp³-hybridized carbons (Fsp3) is 0.273. The Kier molecular flexibility index (Phi) is 4.45. The van der Waals surface area contributed by atoms with E-state index in [4.69, 9.17) is 19.2 Å². The van der Waals surface area contributed by atoms with Gasteiger partial charge in [-0.1, -0.05) is 0 Å². The van der Waals surface area contributed by atoms with Crippen molar-refractivity contribution in [2.75, 3.05) is 21.3 Å². The van der Waals surface area contributed by atoms with Gasteiger partial charge in [-0.25, -0.2) is 9.50 Å². The van der Waals surface area contributed by atoms with E-state index in [1.165, 1.54) is 0 Å². The van der Waals surface area contributed by atoms with Gasteiger partial charge in [-0.15, -0.1) is 0 Å². The molecule has 0 amide bonds. The van der Waals surface area contributed by atoms with Gasteiger partial charge in [0.1, 0.15) is 0 Å². The van der Waals surface area contributed by atoms with E-state index in [0.29, 0.717) is 28.6 Å². The number of methoxy groups -OCH3 is 3. The smallest absolute Gasteiger partial charge is 0.273 e. The Morgan fingerprint density at radius 1 is 0.793 bits per heavy atom. The Morgan fingerprint density at radius 3 is 2.00 bits per heavy atom. The van der Waals surface area contributed by atoms with E-state index in [0.717, 1.165) is 27.9 Å². The second kappa shape index (κ2) is 6.84. The lowest BCUT2D eigenvalue weighted by Gasteiger charge is -2.16. The number of aromatic nitrogens is 3. The van der Waals surface area contributed by atoms with Crippen molar-refractivity contribution in [3.8, 4) is 28.6 Å². The van der Waals surface area contributed by atoms with Crippen molar-refractivity contribution in [3.63, 3.8) is 0 Å². The standard InChI is InChI=1S/C22H23N3O4/c1-12-7-16-17(8-13(12)2)24-14(3)9-20(26)25(24)22(23-16)15-10-18(27-4)21(29-6)19(11-15)28-5/h7-11H,1-6H3. The number of nitrogens with zero attached hydrogens (tertiary/aromatic N) is 3. The van der Waals surface area contributed by atoms with Crippen LogP contribution in [0.2, 0.25) is 0 Å². The van der Waals surface area contributed by atoms with E-state index < -0.39 is 0 Å². The van der Waals surface area contributed by atoms with Gasteiger partial charge in [0.2, 0.25) is 5.75 Å². The lowest BCUT2D eigenvalue weighted by Crippen LogP contribution is -2.16. The number of fused-ring (bicyclic) bond motifs is 3. The molecule has 0 N–H and O–H groups in total. The quantitative estimate of drug-likeness (QED) is 0.530. The van der Waals surface area contributed by atoms with E-state index in [2.05, 4.69) is 19.9 Å². The Hall–Kier alpha value is -3.48. The summed E-state index contributed by atoms with van der Waals surface area (Å²) in [5.41, 5.74) is 5.32. The summed E-state index contributed by atoms with van der Waals surface area (Å²) >= 11 is 0. The lowest BCUT2D eigenvalue weighted by molar-refractivity contribution is 0.324. The van der Waals surface area contributed by atoms with Gasteiger partial charge in [-0.2, -0.15) is 4.52 Å². The molecule has 0 aliphatic heterocycles. The number of hydrogen-bond donors (Lipinski definition) is 0. The zero-order valence-electron chi connectivity index (χ0n) is 17.4. The maximum atomic E-state index is 12.8. The Bertz CT molecular complexity index is 1290. The molecule has 0 fully saturated rings. The van der Waals surface area contributed by atoms with Crippen molar-refractivity contribution in [1.29, 1.82) is 0 Å². The third-order valence-corrected chi connectivity index (χ3v) is 5.24. The zero-order valence-corrected chi connectivity index (χ0v) is 17.4. The van der Waals surface area contributed by atoms with Crippen LogP contribution in [0.1, 0.15) is 16.8 Å². The zero-order chi connectivity index (χ0) is 20.9. The van der Waals surface area contributed by atoms with Gasteiger partial charge in [-0.05, 0) is 56.2 Å². The Balaban J connectivity index is 2.16. The maximum absolute atomic E-state index is 12.8. The highest BCUT2D eigenvalue weighted by Crippen LogP contribution is 2.40. The molecule has 0 saturated carbocycles. The summed E-state index contributed by atoms with van der Waals surface area (Å²) in [5, 5.41) is 0. The van der Waals surface area contributed by atoms with Crippen LogP contribution in [-0.2, 0) is 0 Å². The molecule has 0 atom stereocenters. The van der Waals surface area contributed by atoms with Crippen LogP contribution >= 0.6 is 0 Å². The van der Waals surface area contributed by atoms with Crippen LogP contribution in [0, 0.1) is 20.8 Å². The molecule has 0 aliphatic rings. The Morgan fingerprint density at radius 2 is 1.41 bits per heavy atom. The van der Waals surface area contributed by atoms with Crippen molar-refractivity contribution < 1.29 is 14.2 Å². The first-order chi connectivity index (χ1) is 13.9. The number of benzene rings is 2. The third kappa shape index (κ3) is 2.81. The molecular formula is C22H23N3O4. The van der Waals surface area contributed by atoms with Crippen molar-refractivity contribution in [1.82, 2.24) is 14.0 Å². The van der Waals surface area contributed by atoms with Crippen LogP contribution in [0.15, 0.2) is 35.1 Å². The molecular weight excluding hydrogens is 370 g/mol. The van der Waals surface area contributed by atoms with Gasteiger partial charge in [0.25, 0.3) is 5.56 Å². The highest BCUT2D eigenvalue weighted by Gasteiger charge is 2.19. The fourth-order valence-corrected chi connectivity index (χ4v) is 3.66. The first-order valence-electron chi connectivity index (χ1n) is 9.22. The van der Waals surface area contributed by atoms with Crippen LogP contribution in [-0.4, -0.2) is 35.3 Å². The molecule has 2 aromatic carbocycles. The number of ether oxygens (including phenoxy) is 3. The summed E-state index contributed by atoms with van der Waals surface area (Å²) in [6.45, 7) is 6.01. The van der Waals surface area contributed by atoms with E-state index in [9.17, 15) is 4.79 Å². The first kappa shape index (κ1) is 18.9. The van der Waals surface area contributed by atoms with Crippen molar-refractivity contribution >= 4 is 11.0 Å². The normalized spacial score (nSPS) is 11.2. The highest BCUT2D eigenvalue weighted by molar-refractivity contribution is 5.79. The molecule has 0 unspecified atom stereocenters. The number of hydrogen-bond acceptors (Lipinski definition) is 5. The fourth-order valence-electron chi connectivity index (χ4n) is 3.66.